The number of sulfonamides is 1. The third kappa shape index (κ3) is 5.32. The van der Waals surface area contributed by atoms with Gasteiger partial charge in [0, 0.05) is 37.9 Å². The number of piperidine rings is 1. The number of hydrogen-bond donors (Lipinski definition) is 2. The number of pyridine rings is 1. The predicted molar refractivity (Wildman–Crippen MR) is 130 cm³/mol. The monoisotopic (exact) mass is 499 g/mol. The van der Waals surface area contributed by atoms with Crippen LogP contribution >= 0.6 is 11.3 Å². The number of benzene rings is 1. The van der Waals surface area contributed by atoms with Gasteiger partial charge >= 0.3 is 0 Å². The van der Waals surface area contributed by atoms with Crippen LogP contribution in [0.2, 0.25) is 0 Å². The Morgan fingerprint density at radius 2 is 1.79 bits per heavy atom. The van der Waals surface area contributed by atoms with Gasteiger partial charge in [0.25, 0.3) is 5.91 Å². The number of thiazole rings is 1. The number of carbonyl (C=O) groups excluding carboxylic acids is 2. The van der Waals surface area contributed by atoms with Gasteiger partial charge in [0.2, 0.25) is 15.9 Å². The second-order valence-electron chi connectivity index (χ2n) is 8.01. The summed E-state index contributed by atoms with van der Waals surface area (Å²) < 4.78 is 27.4. The molecule has 0 unspecified atom stereocenters. The molecule has 0 spiro atoms. The summed E-state index contributed by atoms with van der Waals surface area (Å²) in [4.78, 5) is 33.5. The van der Waals surface area contributed by atoms with E-state index in [4.69, 9.17) is 0 Å². The third-order valence-corrected chi connectivity index (χ3v) is 8.58. The van der Waals surface area contributed by atoms with Crippen molar-refractivity contribution < 1.29 is 18.0 Å². The highest BCUT2D eigenvalue weighted by Gasteiger charge is 2.30. The Hall–Kier alpha value is -3.15. The minimum atomic E-state index is -3.65. The SMILES string of the molecule is CC(=O)Nc1ccc(S(=O)(=O)N2CCC(NC(=O)c3sc(-c4ccccn4)nc3C)CC2)cc1. The van der Waals surface area contributed by atoms with Crippen molar-refractivity contribution in [3.63, 3.8) is 0 Å². The van der Waals surface area contributed by atoms with E-state index in [-0.39, 0.29) is 22.8 Å². The molecule has 0 radical (unpaired) electrons. The lowest BCUT2D eigenvalue weighted by molar-refractivity contribution is -0.114. The smallest absolute Gasteiger partial charge is 0.263 e. The number of amides is 2. The number of rotatable bonds is 6. The van der Waals surface area contributed by atoms with E-state index in [1.165, 1.54) is 34.7 Å². The highest BCUT2D eigenvalue weighted by Crippen LogP contribution is 2.27. The van der Waals surface area contributed by atoms with E-state index in [9.17, 15) is 18.0 Å². The average Bonchev–Trinajstić information content (AvgIpc) is 3.22. The Balaban J connectivity index is 1.36. The first-order valence-electron chi connectivity index (χ1n) is 10.8. The van der Waals surface area contributed by atoms with Gasteiger partial charge in [-0.3, -0.25) is 14.6 Å². The van der Waals surface area contributed by atoms with Crippen molar-refractivity contribution in [1.82, 2.24) is 19.6 Å². The van der Waals surface area contributed by atoms with Gasteiger partial charge in [0.1, 0.15) is 9.88 Å². The molecular weight excluding hydrogens is 474 g/mol. The Morgan fingerprint density at radius 1 is 1.09 bits per heavy atom. The lowest BCUT2D eigenvalue weighted by Crippen LogP contribution is -2.46. The molecule has 0 saturated carbocycles. The number of anilines is 1. The standard InChI is InChI=1S/C23H25N5O4S2/c1-15-21(33-23(25-15)20-5-3-4-12-24-20)22(30)27-18-10-13-28(14-11-18)34(31,32)19-8-6-17(7-9-19)26-16(2)29/h3-9,12,18H,10-11,13-14H2,1-2H3,(H,26,29)(H,27,30). The molecule has 2 amide bonds. The van der Waals surface area contributed by atoms with Crippen molar-refractivity contribution in [1.29, 1.82) is 0 Å². The molecule has 1 saturated heterocycles. The zero-order valence-electron chi connectivity index (χ0n) is 18.8. The molecule has 1 aliphatic rings. The number of nitrogens with zero attached hydrogens (tertiary/aromatic N) is 3. The molecule has 11 heteroatoms. The summed E-state index contributed by atoms with van der Waals surface area (Å²) in [6, 6.07) is 11.5. The van der Waals surface area contributed by atoms with Crippen molar-refractivity contribution in [3.8, 4) is 10.7 Å². The summed E-state index contributed by atoms with van der Waals surface area (Å²) >= 11 is 1.30. The fourth-order valence-electron chi connectivity index (χ4n) is 3.76. The molecule has 1 aromatic carbocycles. The van der Waals surface area contributed by atoms with Gasteiger partial charge in [-0.15, -0.1) is 11.3 Å². The topological polar surface area (TPSA) is 121 Å². The molecule has 1 aliphatic heterocycles. The van der Waals surface area contributed by atoms with E-state index in [2.05, 4.69) is 20.6 Å². The van der Waals surface area contributed by atoms with Crippen LogP contribution in [0, 0.1) is 6.92 Å². The van der Waals surface area contributed by atoms with Crippen LogP contribution in [0.4, 0.5) is 5.69 Å². The summed E-state index contributed by atoms with van der Waals surface area (Å²) in [5, 5.41) is 6.34. The molecule has 0 aliphatic carbocycles. The minimum Gasteiger partial charge on any atom is -0.348 e. The van der Waals surface area contributed by atoms with Crippen LogP contribution < -0.4 is 10.6 Å². The van der Waals surface area contributed by atoms with Crippen molar-refractivity contribution in [3.05, 3.63) is 59.2 Å². The van der Waals surface area contributed by atoms with E-state index >= 15 is 0 Å². The molecule has 0 atom stereocenters. The van der Waals surface area contributed by atoms with E-state index in [1.807, 2.05) is 18.2 Å². The van der Waals surface area contributed by atoms with Crippen molar-refractivity contribution in [2.45, 2.75) is 37.6 Å². The summed E-state index contributed by atoms with van der Waals surface area (Å²) in [5.41, 5.74) is 1.90. The Bertz CT molecular complexity index is 1280. The van der Waals surface area contributed by atoms with Gasteiger partial charge in [0.05, 0.1) is 16.3 Å². The number of carbonyl (C=O) groups is 2. The molecule has 4 rings (SSSR count). The summed E-state index contributed by atoms with van der Waals surface area (Å²) in [6.07, 6.45) is 2.71. The van der Waals surface area contributed by atoms with Crippen molar-refractivity contribution in [2.75, 3.05) is 18.4 Å². The quantitative estimate of drug-likeness (QED) is 0.538. The Morgan fingerprint density at radius 3 is 2.41 bits per heavy atom. The zero-order valence-corrected chi connectivity index (χ0v) is 20.4. The van der Waals surface area contributed by atoms with Gasteiger partial charge in [-0.1, -0.05) is 6.07 Å². The maximum atomic E-state index is 13.0. The fourth-order valence-corrected chi connectivity index (χ4v) is 6.18. The maximum Gasteiger partial charge on any atom is 0.263 e. The first-order valence-corrected chi connectivity index (χ1v) is 13.1. The van der Waals surface area contributed by atoms with Crippen molar-refractivity contribution >= 4 is 38.9 Å². The van der Waals surface area contributed by atoms with Gasteiger partial charge in [-0.2, -0.15) is 4.31 Å². The minimum absolute atomic E-state index is 0.124. The normalized spacial score (nSPS) is 15.1. The largest absolute Gasteiger partial charge is 0.348 e. The summed E-state index contributed by atoms with van der Waals surface area (Å²) in [6.45, 7) is 3.80. The van der Waals surface area contributed by atoms with E-state index in [0.717, 1.165) is 5.69 Å². The highest BCUT2D eigenvalue weighted by atomic mass is 32.2. The zero-order chi connectivity index (χ0) is 24.3. The number of aryl methyl sites for hydroxylation is 1. The number of nitrogens with one attached hydrogen (secondary N) is 2. The molecule has 2 aromatic heterocycles. The molecule has 0 bridgehead atoms. The fraction of sp³-hybridized carbons (Fsp3) is 0.304. The summed E-state index contributed by atoms with van der Waals surface area (Å²) in [7, 11) is -3.65. The van der Waals surface area contributed by atoms with Crippen LogP contribution in [0.3, 0.4) is 0 Å². The number of aromatic nitrogens is 2. The molecule has 178 valence electrons. The molecule has 9 nitrogen and oxygen atoms in total. The predicted octanol–water partition coefficient (Wildman–Crippen LogP) is 3.06. The molecule has 3 aromatic rings. The van der Waals surface area contributed by atoms with E-state index < -0.39 is 10.0 Å². The average molecular weight is 500 g/mol. The lowest BCUT2D eigenvalue weighted by Gasteiger charge is -2.31. The highest BCUT2D eigenvalue weighted by molar-refractivity contribution is 7.89. The first kappa shape index (κ1) is 24.0. The Labute approximate surface area is 202 Å². The van der Waals surface area contributed by atoms with Crippen LogP contribution in [-0.4, -0.2) is 53.6 Å². The summed E-state index contributed by atoms with van der Waals surface area (Å²) in [5.74, 6) is -0.423. The molecule has 3 heterocycles. The van der Waals surface area contributed by atoms with Crippen LogP contribution in [-0.2, 0) is 14.8 Å². The Kier molecular flexibility index (Phi) is 7.05. The molecule has 1 fully saturated rings. The van der Waals surface area contributed by atoms with Crippen molar-refractivity contribution in [2.24, 2.45) is 0 Å². The van der Waals surface area contributed by atoms with Gasteiger partial charge in [0.15, 0.2) is 0 Å². The number of hydrogen-bond acceptors (Lipinski definition) is 7. The van der Waals surface area contributed by atoms with Crippen LogP contribution in [0.15, 0.2) is 53.6 Å². The van der Waals surface area contributed by atoms with E-state index in [0.29, 0.717) is 47.2 Å². The lowest BCUT2D eigenvalue weighted by atomic mass is 10.1. The molecule has 2 N–H and O–H groups in total. The first-order chi connectivity index (χ1) is 16.2. The second kappa shape index (κ2) is 10.00. The van der Waals surface area contributed by atoms with Crippen LogP contribution in [0.5, 0.6) is 0 Å². The van der Waals surface area contributed by atoms with Crippen LogP contribution in [0.25, 0.3) is 10.7 Å². The van der Waals surface area contributed by atoms with E-state index in [1.54, 1.807) is 25.3 Å². The van der Waals surface area contributed by atoms with Gasteiger partial charge in [-0.25, -0.2) is 13.4 Å². The second-order valence-corrected chi connectivity index (χ2v) is 10.9. The molecule has 34 heavy (non-hydrogen) atoms. The molecular formula is C23H25N5O4S2. The van der Waals surface area contributed by atoms with Gasteiger partial charge < -0.3 is 10.6 Å². The van der Waals surface area contributed by atoms with Crippen LogP contribution in [0.1, 0.15) is 35.1 Å². The maximum absolute atomic E-state index is 13.0. The van der Waals surface area contributed by atoms with Gasteiger partial charge in [-0.05, 0) is 56.2 Å². The third-order valence-electron chi connectivity index (χ3n) is 5.49.